The Kier molecular flexibility index (Phi) is 5.36. The van der Waals surface area contributed by atoms with Crippen molar-refractivity contribution in [3.8, 4) is 0 Å². The van der Waals surface area contributed by atoms with Crippen LogP contribution in [0.2, 0.25) is 0 Å². The first-order chi connectivity index (χ1) is 6.49. The third kappa shape index (κ3) is 4.49. The fraction of sp³-hybridized carbons (Fsp3) is 0.556. The molecule has 0 bridgehead atoms. The van der Waals surface area contributed by atoms with Crippen LogP contribution in [0.4, 0.5) is 0 Å². The predicted molar refractivity (Wildman–Crippen MR) is 50.7 cm³/mol. The van der Waals surface area contributed by atoms with Gasteiger partial charge >= 0.3 is 11.9 Å². The van der Waals surface area contributed by atoms with Crippen molar-refractivity contribution in [3.63, 3.8) is 0 Å². The maximum Gasteiger partial charge on any atom is 0.354 e. The number of aliphatic carboxylic acids is 1. The third-order valence-electron chi connectivity index (χ3n) is 1.39. The first kappa shape index (κ1) is 12.5. The highest BCUT2D eigenvalue weighted by atomic mass is 16.5. The van der Waals surface area contributed by atoms with E-state index >= 15 is 0 Å². The van der Waals surface area contributed by atoms with Gasteiger partial charge in [0.1, 0.15) is 5.70 Å². The summed E-state index contributed by atoms with van der Waals surface area (Å²) in [4.78, 5) is 23.1. The molecule has 0 saturated heterocycles. The number of hydrogen-bond donors (Lipinski definition) is 1. The Morgan fingerprint density at radius 3 is 2.36 bits per heavy atom. The normalized spacial score (nSPS) is 10.9. The van der Waals surface area contributed by atoms with Crippen LogP contribution in [0.15, 0.2) is 11.8 Å². The summed E-state index contributed by atoms with van der Waals surface area (Å²) in [7, 11) is 3.17. The fourth-order valence-corrected chi connectivity index (χ4v) is 0.756. The monoisotopic (exact) mass is 201 g/mol. The molecular weight excluding hydrogens is 186 g/mol. The molecule has 5 nitrogen and oxygen atoms in total. The number of rotatable bonds is 5. The summed E-state index contributed by atoms with van der Waals surface area (Å²) >= 11 is 0. The number of likely N-dealkylation sites (N-methyl/N-ethyl adjacent to an activating group) is 1. The molecule has 0 aromatic heterocycles. The molecule has 0 aromatic rings. The van der Waals surface area contributed by atoms with Crippen molar-refractivity contribution in [2.45, 2.75) is 13.3 Å². The highest BCUT2D eigenvalue weighted by molar-refractivity contribution is 5.95. The van der Waals surface area contributed by atoms with E-state index in [1.54, 1.807) is 14.1 Å². The van der Waals surface area contributed by atoms with Crippen LogP contribution < -0.4 is 0 Å². The van der Waals surface area contributed by atoms with Gasteiger partial charge in [-0.15, -0.1) is 0 Å². The van der Waals surface area contributed by atoms with Crippen LogP contribution >= 0.6 is 0 Å². The molecule has 0 spiro atoms. The van der Waals surface area contributed by atoms with Crippen LogP contribution in [0.3, 0.4) is 0 Å². The third-order valence-corrected chi connectivity index (χ3v) is 1.39. The van der Waals surface area contributed by atoms with Gasteiger partial charge in [0.15, 0.2) is 0 Å². The number of carbonyl (C=O) groups is 2. The molecule has 0 saturated carbocycles. The van der Waals surface area contributed by atoms with Crippen molar-refractivity contribution >= 4 is 11.9 Å². The Morgan fingerprint density at radius 2 is 2.00 bits per heavy atom. The van der Waals surface area contributed by atoms with Gasteiger partial charge in [0, 0.05) is 14.1 Å². The van der Waals surface area contributed by atoms with Crippen molar-refractivity contribution in [1.82, 2.24) is 4.90 Å². The Morgan fingerprint density at radius 1 is 1.43 bits per heavy atom. The molecule has 0 amide bonds. The van der Waals surface area contributed by atoms with E-state index in [4.69, 9.17) is 9.84 Å². The molecule has 5 heteroatoms. The molecule has 0 unspecified atom stereocenters. The van der Waals surface area contributed by atoms with E-state index in [1.807, 2.05) is 6.92 Å². The summed E-state index contributed by atoms with van der Waals surface area (Å²) in [5, 5.41) is 8.50. The average Bonchev–Trinajstić information content (AvgIpc) is 2.09. The summed E-state index contributed by atoms with van der Waals surface area (Å²) in [6.07, 6.45) is 1.54. The zero-order chi connectivity index (χ0) is 11.1. The molecule has 0 atom stereocenters. The maximum atomic E-state index is 11.3. The minimum absolute atomic E-state index is 0.0333. The lowest BCUT2D eigenvalue weighted by atomic mass is 10.3. The van der Waals surface area contributed by atoms with E-state index in [-0.39, 0.29) is 5.70 Å². The number of ether oxygens (including phenoxy) is 1. The largest absolute Gasteiger partial charge is 0.478 e. The minimum atomic E-state index is -1.16. The summed E-state index contributed by atoms with van der Waals surface area (Å²) in [6, 6.07) is 0. The van der Waals surface area contributed by atoms with Gasteiger partial charge in [-0.3, -0.25) is 0 Å². The van der Waals surface area contributed by atoms with E-state index in [1.165, 1.54) is 4.90 Å². The highest BCUT2D eigenvalue weighted by Crippen LogP contribution is 2.02. The Bertz CT molecular complexity index is 245. The summed E-state index contributed by atoms with van der Waals surface area (Å²) in [5.41, 5.74) is 0.0333. The maximum absolute atomic E-state index is 11.3. The molecule has 1 N–H and O–H groups in total. The van der Waals surface area contributed by atoms with Crippen LogP contribution in [0, 0.1) is 0 Å². The zero-order valence-corrected chi connectivity index (χ0v) is 8.61. The topological polar surface area (TPSA) is 66.8 Å². The molecule has 0 aliphatic carbocycles. The van der Waals surface area contributed by atoms with Gasteiger partial charge in [-0.05, 0) is 6.42 Å². The lowest BCUT2D eigenvalue weighted by Gasteiger charge is -2.14. The van der Waals surface area contributed by atoms with E-state index < -0.39 is 11.9 Å². The fourth-order valence-electron chi connectivity index (χ4n) is 0.756. The van der Waals surface area contributed by atoms with Crippen molar-refractivity contribution in [1.29, 1.82) is 0 Å². The highest BCUT2D eigenvalue weighted by Gasteiger charge is 2.14. The van der Waals surface area contributed by atoms with E-state index in [9.17, 15) is 9.59 Å². The van der Waals surface area contributed by atoms with Crippen LogP contribution in [-0.4, -0.2) is 42.6 Å². The van der Waals surface area contributed by atoms with Crippen molar-refractivity contribution < 1.29 is 19.4 Å². The Labute approximate surface area is 83.0 Å². The smallest absolute Gasteiger partial charge is 0.354 e. The minimum Gasteiger partial charge on any atom is -0.478 e. The van der Waals surface area contributed by atoms with Gasteiger partial charge in [0.2, 0.25) is 0 Å². The number of hydrogen-bond acceptors (Lipinski definition) is 4. The number of carboxylic acid groups (broad SMARTS) is 1. The van der Waals surface area contributed by atoms with Crippen LogP contribution in [0.1, 0.15) is 13.3 Å². The van der Waals surface area contributed by atoms with Gasteiger partial charge < -0.3 is 14.7 Å². The van der Waals surface area contributed by atoms with E-state index in [0.717, 1.165) is 6.08 Å². The molecule has 0 aromatic carbocycles. The van der Waals surface area contributed by atoms with E-state index in [2.05, 4.69) is 0 Å². The lowest BCUT2D eigenvalue weighted by Crippen LogP contribution is -2.22. The van der Waals surface area contributed by atoms with Gasteiger partial charge in [0.05, 0.1) is 12.7 Å². The van der Waals surface area contributed by atoms with Gasteiger partial charge in [-0.2, -0.15) is 0 Å². The number of nitrogens with zero attached hydrogens (tertiary/aromatic N) is 1. The standard InChI is InChI=1S/C9H15NO4/c1-4-5-14-9(13)7(10(2)3)6-8(11)12/h6H,4-5H2,1-3H3,(H,11,12)/b7-6-. The number of esters is 1. The predicted octanol–water partition coefficient (Wildman–Crippen LogP) is 0.470. The van der Waals surface area contributed by atoms with Gasteiger partial charge in [0.25, 0.3) is 0 Å². The second-order valence-corrected chi connectivity index (χ2v) is 2.90. The molecule has 0 aliphatic rings. The average molecular weight is 201 g/mol. The van der Waals surface area contributed by atoms with Crippen molar-refractivity contribution in [2.75, 3.05) is 20.7 Å². The van der Waals surface area contributed by atoms with Gasteiger partial charge in [-0.25, -0.2) is 9.59 Å². The molecule has 0 radical (unpaired) electrons. The summed E-state index contributed by atoms with van der Waals surface area (Å²) < 4.78 is 4.80. The molecular formula is C9H15NO4. The van der Waals surface area contributed by atoms with Crippen LogP contribution in [0.5, 0.6) is 0 Å². The van der Waals surface area contributed by atoms with Crippen molar-refractivity contribution in [2.24, 2.45) is 0 Å². The Hall–Kier alpha value is -1.52. The molecule has 0 rings (SSSR count). The number of carbonyl (C=O) groups excluding carboxylic acids is 1. The summed E-state index contributed by atoms with van der Waals surface area (Å²) in [5.74, 6) is -1.78. The van der Waals surface area contributed by atoms with Crippen LogP contribution in [-0.2, 0) is 14.3 Å². The first-order valence-electron chi connectivity index (χ1n) is 4.28. The van der Waals surface area contributed by atoms with Gasteiger partial charge in [-0.1, -0.05) is 6.92 Å². The second-order valence-electron chi connectivity index (χ2n) is 2.90. The summed E-state index contributed by atoms with van der Waals surface area (Å²) in [6.45, 7) is 2.16. The van der Waals surface area contributed by atoms with E-state index in [0.29, 0.717) is 13.0 Å². The second kappa shape index (κ2) is 6.01. The lowest BCUT2D eigenvalue weighted by molar-refractivity contribution is -0.141. The Balaban J connectivity index is 4.50. The SMILES string of the molecule is CCCOC(=O)/C(=C/C(=O)O)N(C)C. The molecule has 0 aliphatic heterocycles. The molecule has 14 heavy (non-hydrogen) atoms. The molecule has 0 fully saturated rings. The molecule has 80 valence electrons. The first-order valence-corrected chi connectivity index (χ1v) is 4.28. The van der Waals surface area contributed by atoms with Crippen molar-refractivity contribution in [3.05, 3.63) is 11.8 Å². The van der Waals surface area contributed by atoms with Crippen LogP contribution in [0.25, 0.3) is 0 Å². The molecule has 0 heterocycles. The quantitative estimate of drug-likeness (QED) is 0.517. The zero-order valence-electron chi connectivity index (χ0n) is 8.61. The number of carboxylic acids is 1.